The minimum atomic E-state index is -1.64. The molecule has 3 aromatic carbocycles. The Bertz CT molecular complexity index is 2170. The van der Waals surface area contributed by atoms with Gasteiger partial charge in [-0.05, 0) is 72.9 Å². The smallest absolute Gasteiger partial charge is 0.326 e. The van der Waals surface area contributed by atoms with Crippen LogP contribution in [0.25, 0.3) is 0 Å². The van der Waals surface area contributed by atoms with E-state index in [-0.39, 0.29) is 24.3 Å². The molecule has 0 aliphatic heterocycles. The van der Waals surface area contributed by atoms with E-state index < -0.39 is 127 Å². The molecule has 19 heteroatoms. The number of ether oxygens (including phenoxy) is 1. The van der Waals surface area contributed by atoms with E-state index in [1.165, 1.54) is 13.0 Å². The molecule has 0 heterocycles. The molecule has 0 fully saturated rings. The molecule has 6 amide bonds. The lowest BCUT2D eigenvalue weighted by molar-refractivity contribution is -0.143. The molecule has 0 bridgehead atoms. The van der Waals surface area contributed by atoms with E-state index in [1.54, 1.807) is 100 Å². The van der Waals surface area contributed by atoms with Crippen LogP contribution in [0.1, 0.15) is 91.4 Å². The van der Waals surface area contributed by atoms with Crippen LogP contribution in [0, 0.1) is 17.8 Å². The van der Waals surface area contributed by atoms with Crippen molar-refractivity contribution in [3.05, 3.63) is 96.1 Å². The molecule has 3 aromatic rings. The Labute approximate surface area is 396 Å². The van der Waals surface area contributed by atoms with Gasteiger partial charge in [0.2, 0.25) is 29.5 Å². The van der Waals surface area contributed by atoms with Crippen molar-refractivity contribution in [1.82, 2.24) is 31.9 Å². The Morgan fingerprint density at radius 3 is 1.71 bits per heavy atom. The fourth-order valence-electron chi connectivity index (χ4n) is 7.01. The fraction of sp³-hybridized carbons (Fsp3) is 0.469. The zero-order chi connectivity index (χ0) is 50.7. The minimum absolute atomic E-state index is 0.0561. The summed E-state index contributed by atoms with van der Waals surface area (Å²) in [5, 5.41) is 56.5. The molecule has 0 saturated carbocycles. The SMILES string of the molecule is CC(C)C[C@H](NC(=O)C(O)c1cccc(Oc2ccccc2)c1)[C@@H](O)CC(=O)N[C@H](C(=O)N[C@H](C(=O)N[C@@H](C)C(=O)N[C@@H](CCC(=O)O)C(=O)N[C@@H](Cc1ccccc1)C(=O)O)C(C)C)C(C)C. The van der Waals surface area contributed by atoms with Crippen molar-refractivity contribution < 1.29 is 63.5 Å². The highest BCUT2D eigenvalue weighted by molar-refractivity contribution is 5.96. The van der Waals surface area contributed by atoms with Crippen molar-refractivity contribution in [2.45, 2.75) is 129 Å². The summed E-state index contributed by atoms with van der Waals surface area (Å²) in [5.41, 5.74) is 0.840. The summed E-state index contributed by atoms with van der Waals surface area (Å²) >= 11 is 0. The molecule has 1 unspecified atom stereocenters. The second-order valence-electron chi connectivity index (χ2n) is 17.7. The Kier molecular flexibility index (Phi) is 22.1. The lowest BCUT2D eigenvalue weighted by atomic mass is 9.95. The van der Waals surface area contributed by atoms with E-state index in [1.807, 2.05) is 19.9 Å². The third kappa shape index (κ3) is 18.4. The molecular formula is C49H66N6O13. The number of aliphatic hydroxyl groups excluding tert-OH is 2. The first kappa shape index (κ1) is 55.5. The number of aliphatic carboxylic acids is 2. The number of rotatable bonds is 27. The van der Waals surface area contributed by atoms with E-state index >= 15 is 0 Å². The van der Waals surface area contributed by atoms with E-state index in [0.29, 0.717) is 17.1 Å². The van der Waals surface area contributed by atoms with Gasteiger partial charge in [-0.2, -0.15) is 0 Å². The van der Waals surface area contributed by atoms with Crippen LogP contribution in [0.3, 0.4) is 0 Å². The average molecular weight is 947 g/mol. The van der Waals surface area contributed by atoms with Crippen molar-refractivity contribution >= 4 is 47.4 Å². The molecule has 0 radical (unpaired) electrons. The summed E-state index contributed by atoms with van der Waals surface area (Å²) in [5.74, 6) is -7.79. The molecule has 0 aliphatic carbocycles. The predicted octanol–water partition coefficient (Wildman–Crippen LogP) is 2.74. The van der Waals surface area contributed by atoms with Crippen LogP contribution >= 0.6 is 0 Å². The van der Waals surface area contributed by atoms with E-state index in [0.717, 1.165) is 0 Å². The molecule has 0 aliphatic rings. The van der Waals surface area contributed by atoms with Gasteiger partial charge < -0.3 is 57.1 Å². The van der Waals surface area contributed by atoms with Crippen LogP contribution in [0.15, 0.2) is 84.9 Å². The first-order valence-electron chi connectivity index (χ1n) is 22.5. The molecule has 10 N–H and O–H groups in total. The lowest BCUT2D eigenvalue weighted by Crippen LogP contribution is -2.60. The van der Waals surface area contributed by atoms with Crippen molar-refractivity contribution in [3.63, 3.8) is 0 Å². The topological polar surface area (TPSA) is 299 Å². The van der Waals surface area contributed by atoms with E-state index in [9.17, 15) is 58.8 Å². The summed E-state index contributed by atoms with van der Waals surface area (Å²) in [7, 11) is 0. The van der Waals surface area contributed by atoms with Crippen LogP contribution in [-0.2, 0) is 44.8 Å². The quantitative estimate of drug-likeness (QED) is 0.0527. The van der Waals surface area contributed by atoms with Crippen LogP contribution in [0.2, 0.25) is 0 Å². The van der Waals surface area contributed by atoms with Gasteiger partial charge >= 0.3 is 11.9 Å². The van der Waals surface area contributed by atoms with Gasteiger partial charge in [-0.3, -0.25) is 33.6 Å². The monoisotopic (exact) mass is 946 g/mol. The highest BCUT2D eigenvalue weighted by Gasteiger charge is 2.35. The van der Waals surface area contributed by atoms with E-state index in [4.69, 9.17) is 4.74 Å². The number of carboxylic acids is 2. The molecule has 0 spiro atoms. The Morgan fingerprint density at radius 1 is 0.574 bits per heavy atom. The number of hydrogen-bond donors (Lipinski definition) is 10. The normalized spacial score (nSPS) is 14.8. The lowest BCUT2D eigenvalue weighted by Gasteiger charge is -2.29. The maximum Gasteiger partial charge on any atom is 0.326 e. The number of carboxylic acid groups (broad SMARTS) is 2. The number of amides is 6. The number of carbonyl (C=O) groups excluding carboxylic acids is 6. The molecule has 3 rings (SSSR count). The number of nitrogens with one attached hydrogen (secondary N) is 6. The minimum Gasteiger partial charge on any atom is -0.481 e. The standard InChI is InChI=1S/C49H66N6O13/c1-27(2)23-36(52-48(65)43(60)32-17-14-20-34(25-32)68-33-18-12-9-13-19-33)38(56)26-39(57)54-41(28(3)4)47(64)55-42(29(5)6)46(63)50-30(7)44(61)51-35(21-22-40(58)59)45(62)53-37(49(66)67)24-31-15-10-8-11-16-31/h8-20,25,27-30,35-38,41-43,56,60H,21-24,26H2,1-7H3,(H,50,63)(H,51,61)(H,52,65)(H,53,62)(H,54,57)(H,55,64)(H,58,59)(H,66,67)/t30-,35-,36-,37-,38-,41-,42-,43?/m0/s1. The van der Waals surface area contributed by atoms with Crippen molar-refractivity contribution in [2.24, 2.45) is 17.8 Å². The van der Waals surface area contributed by atoms with Gasteiger partial charge in [0.15, 0.2) is 6.10 Å². The Morgan fingerprint density at radius 2 is 1.13 bits per heavy atom. The molecular weight excluding hydrogens is 881 g/mol. The van der Waals surface area contributed by atoms with Crippen LogP contribution < -0.4 is 36.6 Å². The average Bonchev–Trinajstić information content (AvgIpc) is 3.27. The molecule has 68 heavy (non-hydrogen) atoms. The summed E-state index contributed by atoms with van der Waals surface area (Å²) in [6.45, 7) is 11.6. The second kappa shape index (κ2) is 27.1. The summed E-state index contributed by atoms with van der Waals surface area (Å²) in [6.07, 6.45) is -4.43. The summed E-state index contributed by atoms with van der Waals surface area (Å²) in [4.78, 5) is 104. The van der Waals surface area contributed by atoms with Gasteiger partial charge in [0, 0.05) is 12.8 Å². The van der Waals surface area contributed by atoms with Crippen LogP contribution in [0.4, 0.5) is 0 Å². The van der Waals surface area contributed by atoms with Crippen molar-refractivity contribution in [1.29, 1.82) is 0 Å². The van der Waals surface area contributed by atoms with Crippen molar-refractivity contribution in [2.75, 3.05) is 0 Å². The number of hydrogen-bond acceptors (Lipinski definition) is 11. The number of para-hydroxylation sites is 1. The summed E-state index contributed by atoms with van der Waals surface area (Å²) < 4.78 is 5.83. The second-order valence-corrected chi connectivity index (χ2v) is 17.7. The van der Waals surface area contributed by atoms with E-state index in [2.05, 4.69) is 31.9 Å². The van der Waals surface area contributed by atoms with Gasteiger partial charge in [-0.1, -0.05) is 102 Å². The van der Waals surface area contributed by atoms with Crippen molar-refractivity contribution in [3.8, 4) is 11.5 Å². The van der Waals surface area contributed by atoms with Gasteiger partial charge in [-0.25, -0.2) is 4.79 Å². The highest BCUT2D eigenvalue weighted by Crippen LogP contribution is 2.25. The fourth-order valence-corrected chi connectivity index (χ4v) is 7.01. The highest BCUT2D eigenvalue weighted by atomic mass is 16.5. The third-order valence-electron chi connectivity index (χ3n) is 10.8. The molecule has 19 nitrogen and oxygen atoms in total. The van der Waals surface area contributed by atoms with Crippen LogP contribution in [0.5, 0.6) is 11.5 Å². The molecule has 8 atom stereocenters. The summed E-state index contributed by atoms with van der Waals surface area (Å²) in [6, 6.07) is 16.1. The number of benzene rings is 3. The first-order chi connectivity index (χ1) is 32.1. The van der Waals surface area contributed by atoms with Gasteiger partial charge in [-0.15, -0.1) is 0 Å². The van der Waals surface area contributed by atoms with Crippen LogP contribution in [-0.4, -0.2) is 110 Å². The number of carbonyl (C=O) groups is 8. The maximum atomic E-state index is 13.7. The van der Waals surface area contributed by atoms with Gasteiger partial charge in [0.05, 0.1) is 18.6 Å². The third-order valence-corrected chi connectivity index (χ3v) is 10.8. The first-order valence-corrected chi connectivity index (χ1v) is 22.5. The van der Waals surface area contributed by atoms with Gasteiger partial charge in [0.1, 0.15) is 41.7 Å². The maximum absolute atomic E-state index is 13.7. The zero-order valence-electron chi connectivity index (χ0n) is 39.4. The largest absolute Gasteiger partial charge is 0.481 e. The number of aliphatic hydroxyl groups is 2. The zero-order valence-corrected chi connectivity index (χ0v) is 39.4. The Hall–Kier alpha value is -6.86. The predicted molar refractivity (Wildman–Crippen MR) is 250 cm³/mol. The Balaban J connectivity index is 1.64. The molecule has 0 saturated heterocycles. The molecule has 370 valence electrons. The molecule has 0 aromatic heterocycles. The van der Waals surface area contributed by atoms with Gasteiger partial charge in [0.25, 0.3) is 5.91 Å².